The number of nitrogens with two attached hydrogens (primary N) is 1. The highest BCUT2D eigenvalue weighted by molar-refractivity contribution is 5.61. The number of carboxylic acid groups (broad SMARTS) is 1. The fourth-order valence-electron chi connectivity index (χ4n) is 0. The normalized spacial score (nSPS) is 4.00. The molecule has 0 fully saturated rings. The van der Waals surface area contributed by atoms with E-state index in [2.05, 4.69) is 5.73 Å². The molecule has 0 saturated heterocycles. The Morgan fingerprint density at radius 1 is 1.67 bits per heavy atom. The summed E-state index contributed by atoms with van der Waals surface area (Å²) in [6.07, 6.45) is -1.33. The van der Waals surface area contributed by atoms with Crippen molar-refractivity contribution < 1.29 is 9.90 Å². The lowest BCUT2D eigenvalue weighted by atomic mass is 11.3. The van der Waals surface area contributed by atoms with E-state index in [0.29, 0.717) is 0 Å². The molecule has 6 N–H and O–H groups in total. The molecule has 4 nitrogen and oxygen atoms in total. The van der Waals surface area contributed by atoms with Crippen molar-refractivity contribution in [1.82, 2.24) is 6.15 Å². The average Bonchev–Trinajstić information content (AvgIpc) is 0.811. The van der Waals surface area contributed by atoms with E-state index >= 15 is 0 Å². The van der Waals surface area contributed by atoms with Crippen LogP contribution in [0.3, 0.4) is 0 Å². The van der Waals surface area contributed by atoms with Crippen LogP contribution in [0.25, 0.3) is 0 Å². The van der Waals surface area contributed by atoms with Crippen LogP contribution >= 0.6 is 0 Å². The highest BCUT2D eigenvalue weighted by Crippen LogP contribution is 1.34. The van der Waals surface area contributed by atoms with Crippen molar-refractivity contribution in [2.24, 2.45) is 5.73 Å². The van der Waals surface area contributed by atoms with E-state index in [0.717, 1.165) is 0 Å². The molecular formula is C2H10N2O2. The largest absolute Gasteiger partial charge is 0.465 e. The number of rotatable bonds is 0. The van der Waals surface area contributed by atoms with Gasteiger partial charge in [0.05, 0.1) is 0 Å². The van der Waals surface area contributed by atoms with Crippen LogP contribution in [0.1, 0.15) is 7.43 Å². The summed E-state index contributed by atoms with van der Waals surface area (Å²) >= 11 is 0. The topological polar surface area (TPSA) is 98.3 Å². The van der Waals surface area contributed by atoms with Crippen LogP contribution in [0.5, 0.6) is 0 Å². The standard InChI is InChI=1S/CH3NO2.CH4.H3N/c2-1(3)4;;/h2H2,(H,3,4);1H4;1H3. The van der Waals surface area contributed by atoms with Gasteiger partial charge in [0.1, 0.15) is 0 Å². The minimum absolute atomic E-state index is 0. The van der Waals surface area contributed by atoms with Crippen LogP contribution in [-0.2, 0) is 0 Å². The molecule has 0 spiro atoms. The molecule has 0 aliphatic rings. The predicted molar refractivity (Wildman–Crippen MR) is 24.0 cm³/mol. The van der Waals surface area contributed by atoms with E-state index in [9.17, 15) is 0 Å². The van der Waals surface area contributed by atoms with Crippen LogP contribution in [0, 0.1) is 0 Å². The molecule has 0 radical (unpaired) electrons. The Hall–Kier alpha value is -0.770. The van der Waals surface area contributed by atoms with Crippen molar-refractivity contribution in [1.29, 1.82) is 0 Å². The van der Waals surface area contributed by atoms with Gasteiger partial charge in [0.2, 0.25) is 0 Å². The van der Waals surface area contributed by atoms with Crippen molar-refractivity contribution >= 4 is 6.09 Å². The Labute approximate surface area is 36.5 Å². The van der Waals surface area contributed by atoms with Gasteiger partial charge < -0.3 is 17.0 Å². The second-order valence-corrected chi connectivity index (χ2v) is 0.338. The Morgan fingerprint density at radius 2 is 1.67 bits per heavy atom. The maximum Gasteiger partial charge on any atom is 0.402 e. The third kappa shape index (κ3) is 27.1. The van der Waals surface area contributed by atoms with Gasteiger partial charge in [-0.2, -0.15) is 0 Å². The van der Waals surface area contributed by atoms with Gasteiger partial charge >= 0.3 is 6.09 Å². The monoisotopic (exact) mass is 94.1 g/mol. The molecule has 1 amide bonds. The van der Waals surface area contributed by atoms with Crippen LogP contribution in [0.2, 0.25) is 0 Å². The fraction of sp³-hybridized carbons (Fsp3) is 0.500. The van der Waals surface area contributed by atoms with Gasteiger partial charge in [-0.3, -0.25) is 0 Å². The Morgan fingerprint density at radius 3 is 1.67 bits per heavy atom. The molecule has 0 rings (SSSR count). The molecule has 0 aliphatic carbocycles. The van der Waals surface area contributed by atoms with E-state index in [1.165, 1.54) is 0 Å². The molecule has 0 heterocycles. The zero-order chi connectivity index (χ0) is 3.58. The lowest BCUT2D eigenvalue weighted by Crippen LogP contribution is -2.03. The zero-order valence-corrected chi connectivity index (χ0v) is 2.64. The van der Waals surface area contributed by atoms with Crippen LogP contribution < -0.4 is 11.9 Å². The lowest BCUT2D eigenvalue weighted by molar-refractivity contribution is 0.205. The molecule has 0 unspecified atom stereocenters. The van der Waals surface area contributed by atoms with Crippen LogP contribution in [0.4, 0.5) is 4.79 Å². The maximum atomic E-state index is 8.78. The average molecular weight is 94.1 g/mol. The van der Waals surface area contributed by atoms with E-state index in [1.807, 2.05) is 0 Å². The molecule has 0 atom stereocenters. The second kappa shape index (κ2) is 8.87. The summed E-state index contributed by atoms with van der Waals surface area (Å²) in [5.74, 6) is 0. The third-order valence-corrected chi connectivity index (χ3v) is 0. The number of hydrogen-bond donors (Lipinski definition) is 3. The van der Waals surface area contributed by atoms with Gasteiger partial charge in [-0.25, -0.2) is 4.79 Å². The highest BCUT2D eigenvalue weighted by Gasteiger charge is 1.65. The fourth-order valence-corrected chi connectivity index (χ4v) is 0. The summed E-state index contributed by atoms with van der Waals surface area (Å²) in [4.78, 5) is 8.78. The molecule has 0 saturated carbocycles. The van der Waals surface area contributed by atoms with Crippen molar-refractivity contribution in [2.75, 3.05) is 0 Å². The third-order valence-electron chi connectivity index (χ3n) is 0. The molecule has 40 valence electrons. The summed E-state index contributed by atoms with van der Waals surface area (Å²) in [7, 11) is 0. The Bertz CT molecular complexity index is 32.5. The minimum Gasteiger partial charge on any atom is -0.465 e. The summed E-state index contributed by atoms with van der Waals surface area (Å²) in [5.41, 5.74) is 4.03. The number of amides is 1. The summed E-state index contributed by atoms with van der Waals surface area (Å²) < 4.78 is 0. The number of carbonyl (C=O) groups is 1. The molecule has 0 aromatic rings. The molecular weight excluding hydrogens is 84.0 g/mol. The molecule has 0 aromatic carbocycles. The van der Waals surface area contributed by atoms with E-state index in [1.54, 1.807) is 0 Å². The zero-order valence-electron chi connectivity index (χ0n) is 2.64. The molecule has 4 heteroatoms. The maximum absolute atomic E-state index is 8.78. The van der Waals surface area contributed by atoms with Gasteiger partial charge in [-0.15, -0.1) is 0 Å². The van der Waals surface area contributed by atoms with E-state index < -0.39 is 6.09 Å². The quantitative estimate of drug-likeness (QED) is 0.405. The molecule has 0 bridgehead atoms. The van der Waals surface area contributed by atoms with Crippen molar-refractivity contribution in [3.05, 3.63) is 0 Å². The second-order valence-electron chi connectivity index (χ2n) is 0.338. The molecule has 0 aliphatic heterocycles. The van der Waals surface area contributed by atoms with Gasteiger partial charge in [0.15, 0.2) is 0 Å². The first-order valence-corrected chi connectivity index (χ1v) is 0.716. The minimum atomic E-state index is -1.33. The predicted octanol–water partition coefficient (Wildman–Crippen LogP) is 0.421. The van der Waals surface area contributed by atoms with E-state index in [4.69, 9.17) is 9.90 Å². The highest BCUT2D eigenvalue weighted by atomic mass is 16.4. The van der Waals surface area contributed by atoms with Crippen LogP contribution in [0.15, 0.2) is 0 Å². The van der Waals surface area contributed by atoms with Gasteiger partial charge in [0, 0.05) is 0 Å². The lowest BCUT2D eigenvalue weighted by Gasteiger charge is -1.61. The Balaban J connectivity index is -0.0000000450. The van der Waals surface area contributed by atoms with Crippen molar-refractivity contribution in [2.45, 2.75) is 7.43 Å². The number of primary amides is 1. The SMILES string of the molecule is C.N.NC(=O)O. The van der Waals surface area contributed by atoms with Gasteiger partial charge in [0.25, 0.3) is 0 Å². The van der Waals surface area contributed by atoms with Crippen molar-refractivity contribution in [3.8, 4) is 0 Å². The summed E-state index contributed by atoms with van der Waals surface area (Å²) in [6, 6.07) is 0. The molecule has 6 heavy (non-hydrogen) atoms. The van der Waals surface area contributed by atoms with E-state index in [-0.39, 0.29) is 13.6 Å². The first-order chi connectivity index (χ1) is 1.73. The smallest absolute Gasteiger partial charge is 0.402 e. The van der Waals surface area contributed by atoms with Gasteiger partial charge in [-0.05, 0) is 0 Å². The Kier molecular flexibility index (Phi) is 27.8. The summed E-state index contributed by atoms with van der Waals surface area (Å²) in [5, 5.41) is 7.19. The number of hydrogen-bond acceptors (Lipinski definition) is 2. The molecule has 0 aromatic heterocycles. The van der Waals surface area contributed by atoms with Crippen molar-refractivity contribution in [3.63, 3.8) is 0 Å². The first kappa shape index (κ1) is 18.8. The summed E-state index contributed by atoms with van der Waals surface area (Å²) in [6.45, 7) is 0. The van der Waals surface area contributed by atoms with Crippen LogP contribution in [-0.4, -0.2) is 11.2 Å². The van der Waals surface area contributed by atoms with Gasteiger partial charge in [-0.1, -0.05) is 7.43 Å². The first-order valence-electron chi connectivity index (χ1n) is 0.716.